The van der Waals surface area contributed by atoms with Crippen molar-refractivity contribution in [3.8, 4) is 11.5 Å². The Balaban J connectivity index is 1.93. The van der Waals surface area contributed by atoms with Crippen LogP contribution in [0, 0.1) is 0 Å². The van der Waals surface area contributed by atoms with Gasteiger partial charge in [-0.25, -0.2) is 0 Å². The van der Waals surface area contributed by atoms with Gasteiger partial charge in [0.25, 0.3) is 0 Å². The Morgan fingerprint density at radius 1 is 1.21 bits per heavy atom. The lowest BCUT2D eigenvalue weighted by molar-refractivity contribution is -0.122. The van der Waals surface area contributed by atoms with E-state index in [1.165, 1.54) is 12.1 Å². The summed E-state index contributed by atoms with van der Waals surface area (Å²) in [5.41, 5.74) is 0.605. The minimum Gasteiger partial charge on any atom is -0.504 e. The van der Waals surface area contributed by atoms with Crippen molar-refractivity contribution in [1.82, 2.24) is 5.32 Å². The van der Waals surface area contributed by atoms with Gasteiger partial charge in [-0.3, -0.25) is 4.79 Å². The smallest absolute Gasteiger partial charge is 0.224 e. The van der Waals surface area contributed by atoms with E-state index in [0.717, 1.165) is 0 Å². The molecular formula is C14H17NO4. The predicted octanol–water partition coefficient (Wildman–Crippen LogP) is 0.836. The molecular weight excluding hydrogens is 246 g/mol. The van der Waals surface area contributed by atoms with Crippen LogP contribution in [-0.2, 0) is 11.2 Å². The van der Waals surface area contributed by atoms with Gasteiger partial charge in [-0.1, -0.05) is 18.2 Å². The number of phenols is 2. The maximum atomic E-state index is 11.8. The fourth-order valence-corrected chi connectivity index (χ4v) is 2.08. The number of hydrogen-bond donors (Lipinski definition) is 4. The molecule has 19 heavy (non-hydrogen) atoms. The summed E-state index contributed by atoms with van der Waals surface area (Å²) in [6.07, 6.45) is 4.54. The van der Waals surface area contributed by atoms with Crippen molar-refractivity contribution in [2.24, 2.45) is 0 Å². The van der Waals surface area contributed by atoms with Gasteiger partial charge in [0.2, 0.25) is 5.91 Å². The number of hydrogen-bond acceptors (Lipinski definition) is 4. The predicted molar refractivity (Wildman–Crippen MR) is 69.8 cm³/mol. The van der Waals surface area contributed by atoms with Gasteiger partial charge in [0, 0.05) is 0 Å². The first kappa shape index (κ1) is 13.4. The third-order valence-electron chi connectivity index (χ3n) is 3.15. The summed E-state index contributed by atoms with van der Waals surface area (Å²) in [6, 6.07) is 4.01. The standard InChI is InChI=1S/C14H17NO4/c16-11-4-2-1-3-10(11)15-14(19)8-9-5-6-12(17)13(18)7-9/h1-2,5-7,10-11,16-18H,3-4,8H2,(H,15,19)/t10?,11-/m1/s1. The fourth-order valence-electron chi connectivity index (χ4n) is 2.08. The molecule has 1 aliphatic carbocycles. The quantitative estimate of drug-likeness (QED) is 0.480. The van der Waals surface area contributed by atoms with E-state index in [9.17, 15) is 20.1 Å². The van der Waals surface area contributed by atoms with E-state index in [1.54, 1.807) is 6.07 Å². The van der Waals surface area contributed by atoms with Crippen LogP contribution in [0.4, 0.5) is 0 Å². The maximum absolute atomic E-state index is 11.8. The number of nitrogens with one attached hydrogen (secondary N) is 1. The van der Waals surface area contributed by atoms with Gasteiger partial charge in [-0.05, 0) is 30.5 Å². The summed E-state index contributed by atoms with van der Waals surface area (Å²) in [4.78, 5) is 11.8. The first-order valence-electron chi connectivity index (χ1n) is 6.19. The van der Waals surface area contributed by atoms with Crippen molar-refractivity contribution in [3.05, 3.63) is 35.9 Å². The number of aliphatic hydroxyl groups is 1. The van der Waals surface area contributed by atoms with Gasteiger partial charge in [-0.15, -0.1) is 0 Å². The molecule has 1 amide bonds. The average Bonchev–Trinajstić information content (AvgIpc) is 2.37. The van der Waals surface area contributed by atoms with E-state index in [4.69, 9.17) is 0 Å². The molecule has 1 unspecified atom stereocenters. The van der Waals surface area contributed by atoms with Crippen LogP contribution in [0.5, 0.6) is 11.5 Å². The zero-order valence-corrected chi connectivity index (χ0v) is 10.4. The molecule has 102 valence electrons. The molecule has 5 heteroatoms. The lowest BCUT2D eigenvalue weighted by Crippen LogP contribution is -2.44. The monoisotopic (exact) mass is 263 g/mol. The highest BCUT2D eigenvalue weighted by atomic mass is 16.3. The lowest BCUT2D eigenvalue weighted by atomic mass is 9.98. The van der Waals surface area contributed by atoms with Gasteiger partial charge in [0.15, 0.2) is 11.5 Å². The Morgan fingerprint density at radius 2 is 1.95 bits per heavy atom. The van der Waals surface area contributed by atoms with Crippen LogP contribution in [0.25, 0.3) is 0 Å². The van der Waals surface area contributed by atoms with E-state index in [1.807, 2.05) is 12.2 Å². The summed E-state index contributed by atoms with van der Waals surface area (Å²) >= 11 is 0. The summed E-state index contributed by atoms with van der Waals surface area (Å²) < 4.78 is 0. The minimum absolute atomic E-state index is 0.0980. The van der Waals surface area contributed by atoms with Crippen molar-refractivity contribution in [2.75, 3.05) is 0 Å². The summed E-state index contributed by atoms with van der Waals surface area (Å²) in [7, 11) is 0. The zero-order chi connectivity index (χ0) is 13.8. The highest BCUT2D eigenvalue weighted by Gasteiger charge is 2.21. The number of aromatic hydroxyl groups is 2. The number of rotatable bonds is 3. The Hall–Kier alpha value is -2.01. The number of amides is 1. The van der Waals surface area contributed by atoms with E-state index in [2.05, 4.69) is 5.32 Å². The first-order chi connectivity index (χ1) is 9.06. The highest BCUT2D eigenvalue weighted by Crippen LogP contribution is 2.25. The fraction of sp³-hybridized carbons (Fsp3) is 0.357. The molecule has 5 nitrogen and oxygen atoms in total. The van der Waals surface area contributed by atoms with Crippen LogP contribution in [0.3, 0.4) is 0 Å². The van der Waals surface area contributed by atoms with E-state index in [0.29, 0.717) is 18.4 Å². The summed E-state index contributed by atoms with van der Waals surface area (Å²) in [6.45, 7) is 0. The molecule has 2 atom stereocenters. The molecule has 0 heterocycles. The van der Waals surface area contributed by atoms with Crippen LogP contribution >= 0.6 is 0 Å². The minimum atomic E-state index is -0.554. The SMILES string of the molecule is O=C(Cc1ccc(O)c(O)c1)NC1CC=CC[C@H]1O. The van der Waals surface area contributed by atoms with Crippen molar-refractivity contribution in [1.29, 1.82) is 0 Å². The van der Waals surface area contributed by atoms with Gasteiger partial charge in [-0.2, -0.15) is 0 Å². The van der Waals surface area contributed by atoms with Crippen molar-refractivity contribution in [2.45, 2.75) is 31.4 Å². The molecule has 1 aromatic carbocycles. The third-order valence-corrected chi connectivity index (χ3v) is 3.15. The Labute approximate surface area is 111 Å². The van der Waals surface area contributed by atoms with Gasteiger partial charge < -0.3 is 20.6 Å². The normalized spacial score (nSPS) is 22.2. The Morgan fingerprint density at radius 3 is 2.63 bits per heavy atom. The van der Waals surface area contributed by atoms with Crippen molar-refractivity contribution < 1.29 is 20.1 Å². The lowest BCUT2D eigenvalue weighted by Gasteiger charge is -2.25. The van der Waals surface area contributed by atoms with Gasteiger partial charge in [0.05, 0.1) is 18.6 Å². The number of carbonyl (C=O) groups is 1. The van der Waals surface area contributed by atoms with E-state index >= 15 is 0 Å². The maximum Gasteiger partial charge on any atom is 0.224 e. The third kappa shape index (κ3) is 3.48. The number of benzene rings is 1. The van der Waals surface area contributed by atoms with Gasteiger partial charge in [0.1, 0.15) is 0 Å². The van der Waals surface area contributed by atoms with E-state index < -0.39 is 6.10 Å². The second-order valence-corrected chi connectivity index (χ2v) is 4.68. The topological polar surface area (TPSA) is 89.8 Å². The number of aliphatic hydroxyl groups excluding tert-OH is 1. The number of carbonyl (C=O) groups excluding carboxylic acids is 1. The average molecular weight is 263 g/mol. The largest absolute Gasteiger partial charge is 0.504 e. The second kappa shape index (κ2) is 5.75. The second-order valence-electron chi connectivity index (χ2n) is 4.68. The molecule has 0 bridgehead atoms. The molecule has 0 spiro atoms. The van der Waals surface area contributed by atoms with Crippen LogP contribution in [0.2, 0.25) is 0 Å². The van der Waals surface area contributed by atoms with Crippen LogP contribution in [0.15, 0.2) is 30.4 Å². The van der Waals surface area contributed by atoms with E-state index in [-0.39, 0.29) is 29.9 Å². The van der Waals surface area contributed by atoms with Crippen LogP contribution in [0.1, 0.15) is 18.4 Å². The van der Waals surface area contributed by atoms with Crippen LogP contribution < -0.4 is 5.32 Å². The van der Waals surface area contributed by atoms with Crippen molar-refractivity contribution in [3.63, 3.8) is 0 Å². The molecule has 0 fully saturated rings. The molecule has 0 aromatic heterocycles. The molecule has 0 aliphatic heterocycles. The molecule has 0 radical (unpaired) electrons. The summed E-state index contributed by atoms with van der Waals surface area (Å²) in [5, 5.41) is 31.0. The molecule has 4 N–H and O–H groups in total. The Bertz CT molecular complexity index is 498. The van der Waals surface area contributed by atoms with Crippen molar-refractivity contribution >= 4 is 5.91 Å². The molecule has 0 saturated heterocycles. The molecule has 2 rings (SSSR count). The number of phenolic OH excluding ortho intramolecular Hbond substituents is 2. The molecule has 0 saturated carbocycles. The summed E-state index contributed by atoms with van der Waals surface area (Å²) in [5.74, 6) is -0.674. The van der Waals surface area contributed by atoms with Crippen LogP contribution in [-0.4, -0.2) is 33.4 Å². The van der Waals surface area contributed by atoms with Gasteiger partial charge >= 0.3 is 0 Å². The molecule has 1 aliphatic rings. The zero-order valence-electron chi connectivity index (χ0n) is 10.4. The highest BCUT2D eigenvalue weighted by molar-refractivity contribution is 5.79. The Kier molecular flexibility index (Phi) is 4.06. The molecule has 1 aromatic rings. The first-order valence-corrected chi connectivity index (χ1v) is 6.19.